The van der Waals surface area contributed by atoms with Gasteiger partial charge in [0.25, 0.3) is 0 Å². The van der Waals surface area contributed by atoms with Crippen molar-refractivity contribution in [2.24, 2.45) is 0 Å². The van der Waals surface area contributed by atoms with E-state index in [9.17, 15) is 4.79 Å². The summed E-state index contributed by atoms with van der Waals surface area (Å²) >= 11 is 4.49. The Morgan fingerprint density at radius 1 is 1.40 bits per heavy atom. The van der Waals surface area contributed by atoms with Crippen LogP contribution in [0.1, 0.15) is 15.9 Å². The summed E-state index contributed by atoms with van der Waals surface area (Å²) in [4.78, 5) is 10.7. The lowest BCUT2D eigenvalue weighted by Gasteiger charge is -1.96. The molecule has 0 aliphatic carbocycles. The molecular formula is C8H7OS. The van der Waals surface area contributed by atoms with Crippen molar-refractivity contribution in [1.29, 1.82) is 0 Å². The molecule has 0 amide bonds. The molecule has 0 unspecified atom stereocenters. The summed E-state index contributed by atoms with van der Waals surface area (Å²) in [6, 6.07) is 7.31. The predicted molar refractivity (Wildman–Crippen MR) is 43.1 cm³/mol. The average Bonchev–Trinajstić information content (AvgIpc) is 1.88. The number of carbonyl (C=O) groups is 1. The fraction of sp³-hybridized carbons (Fsp3) is 0.125. The summed E-state index contributed by atoms with van der Waals surface area (Å²) in [7, 11) is 0. The van der Waals surface area contributed by atoms with Gasteiger partial charge in [0, 0.05) is 5.56 Å². The third-order valence-corrected chi connectivity index (χ3v) is 1.58. The van der Waals surface area contributed by atoms with Crippen molar-refractivity contribution in [1.82, 2.24) is 0 Å². The second kappa shape index (κ2) is 2.80. The van der Waals surface area contributed by atoms with Crippen LogP contribution in [0.5, 0.6) is 0 Å². The summed E-state index contributed by atoms with van der Waals surface area (Å²) in [6.07, 6.45) is 0. The van der Waals surface area contributed by atoms with Crippen LogP contribution in [-0.4, -0.2) is 5.12 Å². The fourth-order valence-corrected chi connectivity index (χ4v) is 1.03. The van der Waals surface area contributed by atoms with E-state index in [0.29, 0.717) is 5.56 Å². The third-order valence-electron chi connectivity index (χ3n) is 1.36. The van der Waals surface area contributed by atoms with Crippen LogP contribution >= 0.6 is 12.6 Å². The van der Waals surface area contributed by atoms with E-state index in [0.717, 1.165) is 5.56 Å². The van der Waals surface area contributed by atoms with Crippen molar-refractivity contribution >= 4 is 17.7 Å². The Kier molecular flexibility index (Phi) is 2.02. The molecule has 0 bridgehead atoms. The highest BCUT2D eigenvalue weighted by Crippen LogP contribution is 2.08. The maximum absolute atomic E-state index is 10.7. The summed E-state index contributed by atoms with van der Waals surface area (Å²) in [5.74, 6) is 0. The maximum atomic E-state index is 10.7. The molecule has 2 heteroatoms. The third kappa shape index (κ3) is 1.33. The van der Waals surface area contributed by atoms with Gasteiger partial charge in [-0.3, -0.25) is 4.79 Å². The van der Waals surface area contributed by atoms with E-state index in [-0.39, 0.29) is 5.12 Å². The lowest BCUT2D eigenvalue weighted by Crippen LogP contribution is -1.91. The van der Waals surface area contributed by atoms with Gasteiger partial charge in [-0.05, 0) is 31.2 Å². The molecule has 1 aromatic rings. The van der Waals surface area contributed by atoms with Crippen molar-refractivity contribution in [2.75, 3.05) is 0 Å². The first-order valence-electron chi connectivity index (χ1n) is 2.99. The molecule has 0 aliphatic rings. The average molecular weight is 151 g/mol. The van der Waals surface area contributed by atoms with Crippen LogP contribution in [0.2, 0.25) is 0 Å². The molecule has 0 aliphatic heterocycles. The zero-order valence-corrected chi connectivity index (χ0v) is 6.44. The monoisotopic (exact) mass is 151 g/mol. The molecule has 0 saturated carbocycles. The second-order valence-corrected chi connectivity index (χ2v) is 2.47. The van der Waals surface area contributed by atoms with Gasteiger partial charge in [0.05, 0.1) is 0 Å². The lowest BCUT2D eigenvalue weighted by molar-refractivity contribution is 0.109. The highest BCUT2D eigenvalue weighted by Gasteiger charge is 2.02. The predicted octanol–water partition coefficient (Wildman–Crippen LogP) is 2.33. The van der Waals surface area contributed by atoms with E-state index in [4.69, 9.17) is 0 Å². The van der Waals surface area contributed by atoms with Crippen LogP contribution in [0.3, 0.4) is 0 Å². The van der Waals surface area contributed by atoms with Gasteiger partial charge in [-0.25, -0.2) is 0 Å². The number of hydrogen-bond acceptors (Lipinski definition) is 1. The maximum Gasteiger partial charge on any atom is 0.249 e. The first-order chi connectivity index (χ1) is 4.72. The molecule has 51 valence electrons. The number of aryl methyl sites for hydroxylation is 1. The van der Waals surface area contributed by atoms with Crippen molar-refractivity contribution in [3.63, 3.8) is 0 Å². The molecule has 10 heavy (non-hydrogen) atoms. The summed E-state index contributed by atoms with van der Waals surface area (Å²) < 4.78 is 0. The normalized spacial score (nSPS) is 9.30. The van der Waals surface area contributed by atoms with E-state index in [2.05, 4.69) is 12.6 Å². The smallest absolute Gasteiger partial charge is 0.249 e. The van der Waals surface area contributed by atoms with Crippen molar-refractivity contribution in [3.05, 3.63) is 35.4 Å². The fourth-order valence-electron chi connectivity index (χ4n) is 0.802. The largest absolute Gasteiger partial charge is 0.276 e. The molecule has 1 radical (unpaired) electrons. The minimum Gasteiger partial charge on any atom is -0.276 e. The summed E-state index contributed by atoms with van der Waals surface area (Å²) in [5, 5.41) is -0.280. The number of rotatable bonds is 1. The van der Waals surface area contributed by atoms with Crippen LogP contribution < -0.4 is 0 Å². The SMILES string of the molecule is Cc1ccccc1C(=O)[S]. The van der Waals surface area contributed by atoms with Crippen molar-refractivity contribution in [3.8, 4) is 0 Å². The van der Waals surface area contributed by atoms with Gasteiger partial charge < -0.3 is 0 Å². The molecule has 0 atom stereocenters. The molecule has 0 N–H and O–H groups in total. The highest BCUT2D eigenvalue weighted by atomic mass is 32.1. The van der Waals surface area contributed by atoms with Gasteiger partial charge in [-0.2, -0.15) is 0 Å². The topological polar surface area (TPSA) is 17.1 Å². The molecule has 0 saturated heterocycles. The molecule has 1 nitrogen and oxygen atoms in total. The minimum atomic E-state index is -0.280. The first-order valence-corrected chi connectivity index (χ1v) is 3.39. The second-order valence-electron chi connectivity index (χ2n) is 2.10. The summed E-state index contributed by atoms with van der Waals surface area (Å²) in [5.41, 5.74) is 1.58. The Labute approximate surface area is 65.5 Å². The Bertz CT molecular complexity index is 255. The molecule has 0 fully saturated rings. The Morgan fingerprint density at radius 3 is 2.40 bits per heavy atom. The highest BCUT2D eigenvalue weighted by molar-refractivity contribution is 7.97. The molecule has 1 rings (SSSR count). The first kappa shape index (κ1) is 7.22. The quantitative estimate of drug-likeness (QED) is 0.602. The molecule has 1 aromatic carbocycles. The zero-order chi connectivity index (χ0) is 7.56. The van der Waals surface area contributed by atoms with Crippen molar-refractivity contribution in [2.45, 2.75) is 6.92 Å². The number of carbonyl (C=O) groups excluding carboxylic acids is 1. The van der Waals surface area contributed by atoms with Crippen LogP contribution in [0.25, 0.3) is 0 Å². The van der Waals surface area contributed by atoms with Crippen LogP contribution in [0.15, 0.2) is 24.3 Å². The van der Waals surface area contributed by atoms with E-state index in [1.54, 1.807) is 6.07 Å². The van der Waals surface area contributed by atoms with Gasteiger partial charge in [0.15, 0.2) is 0 Å². The van der Waals surface area contributed by atoms with Gasteiger partial charge in [0.2, 0.25) is 5.12 Å². The minimum absolute atomic E-state index is 0.280. The van der Waals surface area contributed by atoms with E-state index in [1.165, 1.54) is 0 Å². The summed E-state index contributed by atoms with van der Waals surface area (Å²) in [6.45, 7) is 1.87. The van der Waals surface area contributed by atoms with Crippen molar-refractivity contribution < 1.29 is 4.79 Å². The Balaban J connectivity index is 3.15. The molecule has 0 heterocycles. The zero-order valence-electron chi connectivity index (χ0n) is 5.63. The Hall–Kier alpha value is -0.890. The van der Waals surface area contributed by atoms with E-state index >= 15 is 0 Å². The van der Waals surface area contributed by atoms with Crippen LogP contribution in [-0.2, 0) is 0 Å². The van der Waals surface area contributed by atoms with Gasteiger partial charge >= 0.3 is 0 Å². The van der Waals surface area contributed by atoms with Gasteiger partial charge in [-0.15, -0.1) is 0 Å². The lowest BCUT2D eigenvalue weighted by atomic mass is 10.1. The van der Waals surface area contributed by atoms with Gasteiger partial charge in [0.1, 0.15) is 0 Å². The van der Waals surface area contributed by atoms with Crippen LogP contribution in [0.4, 0.5) is 0 Å². The number of hydrogen-bond donors (Lipinski definition) is 0. The standard InChI is InChI=1S/C8H7OS/c1-6-4-2-3-5-7(6)8(9)10/h2-5H,1H3. The Morgan fingerprint density at radius 2 is 2.00 bits per heavy atom. The molecular weight excluding hydrogens is 144 g/mol. The van der Waals surface area contributed by atoms with E-state index in [1.807, 2.05) is 25.1 Å². The molecule has 0 aromatic heterocycles. The van der Waals surface area contributed by atoms with Gasteiger partial charge in [-0.1, -0.05) is 18.2 Å². The van der Waals surface area contributed by atoms with Crippen LogP contribution in [0, 0.1) is 6.92 Å². The molecule has 0 spiro atoms. The van der Waals surface area contributed by atoms with E-state index < -0.39 is 0 Å². The number of benzene rings is 1.